The number of nitrogens with two attached hydrogens (primary N) is 1. The molecule has 15 heteroatoms. The van der Waals surface area contributed by atoms with Gasteiger partial charge in [-0.25, -0.2) is 4.79 Å². The summed E-state index contributed by atoms with van der Waals surface area (Å²) >= 11 is 0. The van der Waals surface area contributed by atoms with E-state index in [4.69, 9.17) is 15.2 Å². The second-order valence-corrected chi connectivity index (χ2v) is 17.7. The molecule has 1 aliphatic heterocycles. The molecule has 0 aromatic heterocycles. The average molecular weight is 859 g/mol. The summed E-state index contributed by atoms with van der Waals surface area (Å²) in [4.78, 5) is 86.4. The van der Waals surface area contributed by atoms with E-state index < -0.39 is 66.1 Å². The van der Waals surface area contributed by atoms with Gasteiger partial charge in [-0.05, 0) is 62.5 Å². The van der Waals surface area contributed by atoms with Crippen LogP contribution in [0.15, 0.2) is 24.3 Å². The number of likely N-dealkylation sites (N-methyl/N-ethyl adjacent to an activating group) is 2. The lowest BCUT2D eigenvalue weighted by Crippen LogP contribution is -2.60. The normalized spacial score (nSPS) is 18.1. The van der Waals surface area contributed by atoms with Crippen molar-refractivity contribution < 1.29 is 43.3 Å². The molecule has 1 aliphatic rings. The summed E-state index contributed by atoms with van der Waals surface area (Å²) in [6.45, 7) is 16.1. The zero-order valence-electron chi connectivity index (χ0n) is 39.1. The highest BCUT2D eigenvalue weighted by molar-refractivity contribution is 5.92. The molecular formula is C46H78N6O9. The molecule has 1 heterocycles. The van der Waals surface area contributed by atoms with Crippen LogP contribution in [0.25, 0.3) is 0 Å². The molecule has 346 valence electrons. The Bertz CT molecular complexity index is 1570. The molecule has 1 saturated heterocycles. The molecule has 0 radical (unpaired) electrons. The number of carbonyl (C=O) groups is 6. The van der Waals surface area contributed by atoms with Crippen molar-refractivity contribution in [1.29, 1.82) is 0 Å². The minimum absolute atomic E-state index is 0.0550. The van der Waals surface area contributed by atoms with Gasteiger partial charge in [0.15, 0.2) is 0 Å². The summed E-state index contributed by atoms with van der Waals surface area (Å²) in [5.41, 5.74) is 7.43. The Morgan fingerprint density at radius 1 is 0.885 bits per heavy atom. The molecule has 1 fully saturated rings. The van der Waals surface area contributed by atoms with E-state index in [0.29, 0.717) is 45.2 Å². The topological polar surface area (TPSA) is 201 Å². The van der Waals surface area contributed by atoms with Crippen molar-refractivity contribution in [2.75, 3.05) is 41.4 Å². The van der Waals surface area contributed by atoms with E-state index >= 15 is 0 Å². The Morgan fingerprint density at radius 2 is 1.52 bits per heavy atom. The van der Waals surface area contributed by atoms with Gasteiger partial charge < -0.3 is 45.6 Å². The number of nitrogens with zero attached hydrogens (tertiary/aromatic N) is 3. The van der Waals surface area contributed by atoms with Crippen LogP contribution in [0.2, 0.25) is 0 Å². The van der Waals surface area contributed by atoms with Crippen molar-refractivity contribution in [2.45, 2.75) is 156 Å². The number of ether oxygens (including phenoxy) is 2. The zero-order valence-corrected chi connectivity index (χ0v) is 39.1. The van der Waals surface area contributed by atoms with Crippen LogP contribution in [-0.2, 0) is 44.7 Å². The van der Waals surface area contributed by atoms with E-state index in [1.807, 2.05) is 72.7 Å². The van der Waals surface area contributed by atoms with Gasteiger partial charge >= 0.3 is 5.97 Å². The molecule has 15 nitrogen and oxygen atoms in total. The average Bonchev–Trinajstić information content (AvgIpc) is 3.70. The monoisotopic (exact) mass is 859 g/mol. The van der Waals surface area contributed by atoms with E-state index in [1.165, 1.54) is 19.1 Å². The molecule has 61 heavy (non-hydrogen) atoms. The van der Waals surface area contributed by atoms with Gasteiger partial charge in [-0.2, -0.15) is 0 Å². The van der Waals surface area contributed by atoms with E-state index in [-0.39, 0.29) is 48.3 Å². The van der Waals surface area contributed by atoms with Crippen LogP contribution in [0.4, 0.5) is 0 Å². The highest BCUT2D eigenvalue weighted by Gasteiger charge is 2.43. The fourth-order valence-electron chi connectivity index (χ4n) is 8.60. The predicted octanol–water partition coefficient (Wildman–Crippen LogP) is 4.17. The van der Waals surface area contributed by atoms with Crippen molar-refractivity contribution >= 4 is 35.5 Å². The fourth-order valence-corrected chi connectivity index (χ4v) is 8.60. The van der Waals surface area contributed by atoms with Gasteiger partial charge in [0, 0.05) is 47.7 Å². The Kier molecular flexibility index (Phi) is 22.4. The minimum Gasteiger partial charge on any atom is -0.480 e. The predicted molar refractivity (Wildman–Crippen MR) is 236 cm³/mol. The highest BCUT2D eigenvalue weighted by atomic mass is 16.5. The van der Waals surface area contributed by atoms with Gasteiger partial charge in [0.2, 0.25) is 29.5 Å². The second-order valence-electron chi connectivity index (χ2n) is 17.7. The lowest BCUT2D eigenvalue weighted by molar-refractivity contribution is -0.149. The summed E-state index contributed by atoms with van der Waals surface area (Å²) < 4.78 is 11.9. The molecule has 0 aliphatic carbocycles. The number of rotatable bonds is 26. The number of hydrogen-bond acceptors (Lipinski definition) is 9. The van der Waals surface area contributed by atoms with Crippen LogP contribution >= 0.6 is 0 Å². The summed E-state index contributed by atoms with van der Waals surface area (Å²) in [6.07, 6.45) is 3.20. The smallest absolute Gasteiger partial charge is 0.326 e. The summed E-state index contributed by atoms with van der Waals surface area (Å²) in [7, 11) is 6.31. The summed E-state index contributed by atoms with van der Waals surface area (Å²) in [5, 5.41) is 15.6. The van der Waals surface area contributed by atoms with Crippen molar-refractivity contribution in [3.63, 3.8) is 0 Å². The number of carbonyl (C=O) groups excluding carboxylic acids is 5. The van der Waals surface area contributed by atoms with E-state index in [0.717, 1.165) is 24.0 Å². The number of aryl methyl sites for hydroxylation is 1. The van der Waals surface area contributed by atoms with Crippen molar-refractivity contribution in [2.24, 2.45) is 29.4 Å². The van der Waals surface area contributed by atoms with Crippen LogP contribution in [0.1, 0.15) is 111 Å². The molecule has 1 aromatic carbocycles. The van der Waals surface area contributed by atoms with Crippen molar-refractivity contribution in [3.05, 3.63) is 35.4 Å². The van der Waals surface area contributed by atoms with Gasteiger partial charge in [-0.3, -0.25) is 24.0 Å². The quantitative estimate of drug-likeness (QED) is 0.0981. The maximum atomic E-state index is 14.5. The standard InChI is InChI=1S/C46H78N6O9/c1-13-31(7)41(51(10)45(57)39(28(2)3)49-44(56)40(29(4)5)50(9)37(53)19-15-14-16-24-47)36(60-11)27-38(54)52-25-17-18-35(52)42(61-12)32(8)43(55)48-34(46(58)59)26-33-22-20-30(6)21-23-33/h20-23,28-29,31-32,34-36,39-42H,13-19,24-27,47H2,1-12H3,(H,48,55)(H,49,56)(H,58,59)/t31-,32+,34-,35-,36?,39-,40-,41-,42+/m0/s1. The number of nitrogens with one attached hydrogen (secondary N) is 2. The molecule has 0 saturated carbocycles. The number of carboxylic acids is 1. The second kappa shape index (κ2) is 25.8. The number of benzene rings is 1. The van der Waals surface area contributed by atoms with Gasteiger partial charge in [0.25, 0.3) is 0 Å². The van der Waals surface area contributed by atoms with Crippen LogP contribution in [0.5, 0.6) is 0 Å². The third kappa shape index (κ3) is 15.1. The highest BCUT2D eigenvalue weighted by Crippen LogP contribution is 2.30. The van der Waals surface area contributed by atoms with Crippen LogP contribution in [-0.4, -0.2) is 139 Å². The zero-order chi connectivity index (χ0) is 46.1. The number of methoxy groups -OCH3 is 2. The lowest BCUT2D eigenvalue weighted by atomic mass is 9.89. The third-order valence-electron chi connectivity index (χ3n) is 12.5. The summed E-state index contributed by atoms with van der Waals surface area (Å²) in [6, 6.07) is 3.62. The van der Waals surface area contributed by atoms with Crippen molar-refractivity contribution in [3.8, 4) is 0 Å². The fraction of sp³-hybridized carbons (Fsp3) is 0.739. The van der Waals surface area contributed by atoms with Crippen LogP contribution < -0.4 is 16.4 Å². The molecule has 0 bridgehead atoms. The number of carboxylic acid groups (broad SMARTS) is 1. The van der Waals surface area contributed by atoms with E-state index in [9.17, 15) is 33.9 Å². The Labute approximate surface area is 365 Å². The first-order valence-electron chi connectivity index (χ1n) is 22.2. The molecule has 2 rings (SSSR count). The Balaban J connectivity index is 2.27. The number of aliphatic carboxylic acids is 1. The minimum atomic E-state index is -1.15. The molecular weight excluding hydrogens is 781 g/mol. The molecule has 9 atom stereocenters. The maximum Gasteiger partial charge on any atom is 0.326 e. The van der Waals surface area contributed by atoms with Crippen LogP contribution in [0.3, 0.4) is 0 Å². The van der Waals surface area contributed by atoms with Gasteiger partial charge in [-0.15, -0.1) is 0 Å². The molecule has 1 aromatic rings. The van der Waals surface area contributed by atoms with E-state index in [2.05, 4.69) is 10.6 Å². The Hall–Kier alpha value is -4.08. The SMILES string of the molecule is CC[C@H](C)[C@@H](C(CC(=O)N1CCC[C@H]1[C@H](OC)[C@@H](C)C(=O)N[C@@H](Cc1ccc(C)cc1)C(=O)O)OC)N(C)C(=O)[C@@H](NC(=O)[C@H](C(C)C)N(C)C(=O)CCCCCN)C(C)C. The first-order valence-corrected chi connectivity index (χ1v) is 22.2. The molecule has 1 unspecified atom stereocenters. The number of likely N-dealkylation sites (tertiary alicyclic amines) is 1. The van der Waals surface area contributed by atoms with Gasteiger partial charge in [0.05, 0.1) is 36.6 Å². The molecule has 5 N–H and O–H groups in total. The maximum absolute atomic E-state index is 14.5. The Morgan fingerprint density at radius 3 is 2.05 bits per heavy atom. The van der Waals surface area contributed by atoms with Gasteiger partial charge in [0.1, 0.15) is 18.1 Å². The van der Waals surface area contributed by atoms with E-state index in [1.54, 1.807) is 30.8 Å². The number of unbranched alkanes of at least 4 members (excludes halogenated alkanes) is 2. The summed E-state index contributed by atoms with van der Waals surface area (Å²) in [5.74, 6) is -4.14. The molecule has 5 amide bonds. The first-order chi connectivity index (χ1) is 28.7. The number of hydrogen-bond donors (Lipinski definition) is 4. The largest absolute Gasteiger partial charge is 0.480 e. The lowest BCUT2D eigenvalue weighted by Gasteiger charge is -2.41. The molecule has 0 spiro atoms. The third-order valence-corrected chi connectivity index (χ3v) is 12.5. The first kappa shape index (κ1) is 53.1. The van der Waals surface area contributed by atoms with Crippen molar-refractivity contribution in [1.82, 2.24) is 25.3 Å². The number of amides is 5. The van der Waals surface area contributed by atoms with Crippen LogP contribution in [0, 0.1) is 30.6 Å². The van der Waals surface area contributed by atoms with Gasteiger partial charge in [-0.1, -0.05) is 91.1 Å².